The second-order valence-corrected chi connectivity index (χ2v) is 7.67. The molecule has 31 heavy (non-hydrogen) atoms. The molecule has 0 fully saturated rings. The van der Waals surface area contributed by atoms with Gasteiger partial charge in [-0.25, -0.2) is 9.18 Å². The van der Waals surface area contributed by atoms with Crippen molar-refractivity contribution in [3.63, 3.8) is 0 Å². The third-order valence-corrected chi connectivity index (χ3v) is 4.77. The Hall–Kier alpha value is -3.10. The van der Waals surface area contributed by atoms with Crippen LogP contribution in [0, 0.1) is 5.82 Å². The van der Waals surface area contributed by atoms with Crippen LogP contribution in [0.15, 0.2) is 48.7 Å². The van der Waals surface area contributed by atoms with Crippen molar-refractivity contribution in [3.8, 4) is 17.0 Å². The Labute approximate surface area is 185 Å². The lowest BCUT2D eigenvalue weighted by atomic mass is 10.1. The first kappa shape index (κ1) is 22.6. The summed E-state index contributed by atoms with van der Waals surface area (Å²) in [5.74, 6) is 0.276. The molecule has 164 valence electrons. The molecule has 0 atom stereocenters. The standard InChI is InChI=1S/C22H25ClFN5O2/c1-28(2)11-4-12-31-20-10-9-17(13-18(20)21-19(23)14-25-29(21)3)27-22(30)26-16-7-5-15(24)6-8-16/h5-10,13-14H,4,11-12H2,1-3H3,(H2,26,27,30). The number of halogens is 2. The van der Waals surface area contributed by atoms with Crippen LogP contribution in [0.2, 0.25) is 5.02 Å². The number of anilines is 2. The van der Waals surface area contributed by atoms with E-state index in [0.717, 1.165) is 18.5 Å². The number of carbonyl (C=O) groups excluding carboxylic acids is 1. The highest BCUT2D eigenvalue weighted by Gasteiger charge is 2.16. The molecule has 0 radical (unpaired) electrons. The van der Waals surface area contributed by atoms with Crippen molar-refractivity contribution in [1.29, 1.82) is 0 Å². The topological polar surface area (TPSA) is 71.4 Å². The molecule has 7 nitrogen and oxygen atoms in total. The van der Waals surface area contributed by atoms with Gasteiger partial charge >= 0.3 is 6.03 Å². The Balaban J connectivity index is 1.79. The second kappa shape index (κ2) is 10.3. The monoisotopic (exact) mass is 445 g/mol. The molecule has 3 rings (SSSR count). The van der Waals surface area contributed by atoms with Gasteiger partial charge in [-0.1, -0.05) is 11.6 Å². The summed E-state index contributed by atoms with van der Waals surface area (Å²) in [5.41, 5.74) is 2.43. The lowest BCUT2D eigenvalue weighted by Gasteiger charge is -2.16. The average molecular weight is 446 g/mol. The number of nitrogens with zero attached hydrogens (tertiary/aromatic N) is 3. The van der Waals surface area contributed by atoms with Crippen LogP contribution in [0.1, 0.15) is 6.42 Å². The zero-order chi connectivity index (χ0) is 22.4. The minimum Gasteiger partial charge on any atom is -0.493 e. The lowest BCUT2D eigenvalue weighted by Crippen LogP contribution is -2.19. The summed E-state index contributed by atoms with van der Waals surface area (Å²) in [5, 5.41) is 10.1. The molecular formula is C22H25ClFN5O2. The molecule has 0 aliphatic rings. The average Bonchev–Trinajstić information content (AvgIpc) is 3.05. The molecule has 0 bridgehead atoms. The van der Waals surface area contributed by atoms with Crippen molar-refractivity contribution < 1.29 is 13.9 Å². The van der Waals surface area contributed by atoms with Crippen LogP contribution < -0.4 is 15.4 Å². The number of aromatic nitrogens is 2. The fraction of sp³-hybridized carbons (Fsp3) is 0.273. The van der Waals surface area contributed by atoms with Crippen LogP contribution in [0.4, 0.5) is 20.6 Å². The molecule has 9 heteroatoms. The van der Waals surface area contributed by atoms with Crippen LogP contribution in [0.25, 0.3) is 11.3 Å². The van der Waals surface area contributed by atoms with Gasteiger partial charge in [-0.15, -0.1) is 0 Å². The third kappa shape index (κ3) is 6.19. The van der Waals surface area contributed by atoms with Crippen molar-refractivity contribution in [1.82, 2.24) is 14.7 Å². The van der Waals surface area contributed by atoms with Gasteiger partial charge in [-0.3, -0.25) is 4.68 Å². The van der Waals surface area contributed by atoms with E-state index >= 15 is 0 Å². The van der Waals surface area contributed by atoms with E-state index in [9.17, 15) is 9.18 Å². The van der Waals surface area contributed by atoms with Crippen molar-refractivity contribution in [2.45, 2.75) is 6.42 Å². The number of hydrogen-bond acceptors (Lipinski definition) is 4. The molecule has 0 aliphatic carbocycles. The number of urea groups is 1. The van der Waals surface area contributed by atoms with E-state index in [1.807, 2.05) is 14.1 Å². The summed E-state index contributed by atoms with van der Waals surface area (Å²) >= 11 is 6.36. The minimum absolute atomic E-state index is 0.371. The number of rotatable bonds is 8. The molecule has 2 N–H and O–H groups in total. The first-order valence-corrected chi connectivity index (χ1v) is 10.1. The van der Waals surface area contributed by atoms with Crippen LogP contribution in [-0.2, 0) is 7.05 Å². The number of aryl methyl sites for hydroxylation is 1. The fourth-order valence-electron chi connectivity index (χ4n) is 3.02. The van der Waals surface area contributed by atoms with Gasteiger partial charge in [-0.2, -0.15) is 5.10 Å². The first-order chi connectivity index (χ1) is 14.8. The van der Waals surface area contributed by atoms with E-state index in [1.165, 1.54) is 24.3 Å². The maximum Gasteiger partial charge on any atom is 0.323 e. The Kier molecular flexibility index (Phi) is 7.49. The van der Waals surface area contributed by atoms with E-state index in [-0.39, 0.29) is 5.82 Å². The van der Waals surface area contributed by atoms with Crippen molar-refractivity contribution >= 4 is 29.0 Å². The fourth-order valence-corrected chi connectivity index (χ4v) is 3.29. The minimum atomic E-state index is -0.451. The lowest BCUT2D eigenvalue weighted by molar-refractivity contribution is 0.262. The predicted molar refractivity (Wildman–Crippen MR) is 121 cm³/mol. The van der Waals surface area contributed by atoms with Crippen LogP contribution in [0.5, 0.6) is 5.75 Å². The van der Waals surface area contributed by atoms with Crippen LogP contribution in [0.3, 0.4) is 0 Å². The van der Waals surface area contributed by atoms with Gasteiger partial charge in [0, 0.05) is 30.5 Å². The van der Waals surface area contributed by atoms with Crippen molar-refractivity contribution in [2.75, 3.05) is 37.9 Å². The number of hydrogen-bond donors (Lipinski definition) is 2. The molecule has 1 aromatic heterocycles. The second-order valence-electron chi connectivity index (χ2n) is 7.27. The van der Waals surface area contributed by atoms with Gasteiger partial charge < -0.3 is 20.3 Å². The number of carbonyl (C=O) groups is 1. The van der Waals surface area contributed by atoms with Crippen LogP contribution in [-0.4, -0.2) is 48.0 Å². The molecule has 0 saturated carbocycles. The largest absolute Gasteiger partial charge is 0.493 e. The summed E-state index contributed by atoms with van der Waals surface area (Å²) in [7, 11) is 5.81. The number of nitrogens with one attached hydrogen (secondary N) is 2. The van der Waals surface area contributed by atoms with E-state index in [0.29, 0.717) is 34.4 Å². The maximum absolute atomic E-state index is 13.0. The Bertz CT molecular complexity index is 1020. The quantitative estimate of drug-likeness (QED) is 0.486. The Morgan fingerprint density at radius 3 is 2.48 bits per heavy atom. The number of benzene rings is 2. The molecule has 2 aromatic carbocycles. The molecule has 3 aromatic rings. The molecule has 0 saturated heterocycles. The highest BCUT2D eigenvalue weighted by molar-refractivity contribution is 6.33. The van der Waals surface area contributed by atoms with Gasteiger partial charge in [0.15, 0.2) is 0 Å². The van der Waals surface area contributed by atoms with Crippen molar-refractivity contribution in [3.05, 3.63) is 59.5 Å². The number of ether oxygens (including phenoxy) is 1. The zero-order valence-corrected chi connectivity index (χ0v) is 18.4. The molecule has 0 spiro atoms. The number of amides is 2. The van der Waals surface area contributed by atoms with Gasteiger partial charge in [0.25, 0.3) is 0 Å². The molecule has 0 aliphatic heterocycles. The summed E-state index contributed by atoms with van der Waals surface area (Å²) < 4.78 is 20.7. The van der Waals surface area contributed by atoms with Crippen LogP contribution >= 0.6 is 11.6 Å². The van der Waals surface area contributed by atoms with E-state index in [1.54, 1.807) is 36.1 Å². The Morgan fingerprint density at radius 2 is 1.84 bits per heavy atom. The van der Waals surface area contributed by atoms with Gasteiger partial charge in [0.2, 0.25) is 0 Å². The van der Waals surface area contributed by atoms with E-state index in [4.69, 9.17) is 16.3 Å². The zero-order valence-electron chi connectivity index (χ0n) is 17.7. The van der Waals surface area contributed by atoms with E-state index < -0.39 is 6.03 Å². The maximum atomic E-state index is 13.0. The Morgan fingerprint density at radius 1 is 1.16 bits per heavy atom. The summed E-state index contributed by atoms with van der Waals surface area (Å²) in [4.78, 5) is 14.5. The molecular weight excluding hydrogens is 421 g/mol. The summed E-state index contributed by atoms with van der Waals surface area (Å²) in [6.45, 7) is 1.45. The molecule has 2 amide bonds. The summed E-state index contributed by atoms with van der Waals surface area (Å²) in [6.07, 6.45) is 2.43. The van der Waals surface area contributed by atoms with Crippen molar-refractivity contribution in [2.24, 2.45) is 7.05 Å². The molecule has 0 unspecified atom stereocenters. The predicted octanol–water partition coefficient (Wildman–Crippen LogP) is 4.85. The highest BCUT2D eigenvalue weighted by atomic mass is 35.5. The van der Waals surface area contributed by atoms with E-state index in [2.05, 4.69) is 20.6 Å². The van der Waals surface area contributed by atoms with Gasteiger partial charge in [0.1, 0.15) is 11.6 Å². The first-order valence-electron chi connectivity index (χ1n) is 9.76. The SMILES string of the molecule is CN(C)CCCOc1ccc(NC(=O)Nc2ccc(F)cc2)cc1-c1c(Cl)cnn1C. The third-order valence-electron chi connectivity index (χ3n) is 4.50. The summed E-state index contributed by atoms with van der Waals surface area (Å²) in [6, 6.07) is 10.4. The van der Waals surface area contributed by atoms with Gasteiger partial charge in [0.05, 0.1) is 23.5 Å². The highest BCUT2D eigenvalue weighted by Crippen LogP contribution is 2.36. The smallest absolute Gasteiger partial charge is 0.323 e. The molecule has 1 heterocycles. The normalized spacial score (nSPS) is 10.9. The van der Waals surface area contributed by atoms with Gasteiger partial charge in [-0.05, 0) is 63.0 Å².